The van der Waals surface area contributed by atoms with Crippen molar-refractivity contribution < 1.29 is 4.74 Å². The molecule has 0 unspecified atom stereocenters. The van der Waals surface area contributed by atoms with E-state index in [4.69, 9.17) is 4.74 Å². The molecule has 0 aliphatic heterocycles. The lowest BCUT2D eigenvalue weighted by molar-refractivity contribution is 0.305. The highest BCUT2D eigenvalue weighted by Gasteiger charge is 2.01. The van der Waals surface area contributed by atoms with Crippen molar-refractivity contribution >= 4 is 21.6 Å². The monoisotopic (exact) mass is 381 g/mol. The molecule has 0 spiro atoms. The quantitative estimate of drug-likeness (QED) is 0.569. The Morgan fingerprint density at radius 1 is 0.917 bits per heavy atom. The van der Waals surface area contributed by atoms with Crippen LogP contribution in [0.3, 0.4) is 0 Å². The predicted octanol–water partition coefficient (Wildman–Crippen LogP) is 5.95. The topological polar surface area (TPSA) is 21.3 Å². The molecule has 0 aromatic heterocycles. The third kappa shape index (κ3) is 4.62. The zero-order valence-corrected chi connectivity index (χ0v) is 15.2. The smallest absolute Gasteiger partial charge is 0.120 e. The number of hydrogen-bond donors (Lipinski definition) is 1. The summed E-state index contributed by atoms with van der Waals surface area (Å²) in [5.74, 6) is 0.897. The van der Waals surface area contributed by atoms with Gasteiger partial charge in [-0.3, -0.25) is 0 Å². The van der Waals surface area contributed by atoms with Gasteiger partial charge in [-0.25, -0.2) is 0 Å². The van der Waals surface area contributed by atoms with Crippen LogP contribution < -0.4 is 10.1 Å². The minimum absolute atomic E-state index is 0.594. The summed E-state index contributed by atoms with van der Waals surface area (Å²) in [6.07, 6.45) is 0. The highest BCUT2D eigenvalue weighted by atomic mass is 79.9. The number of ether oxygens (including phenoxy) is 1. The average molecular weight is 382 g/mol. The van der Waals surface area contributed by atoms with Gasteiger partial charge in [0.15, 0.2) is 0 Å². The van der Waals surface area contributed by atoms with Crippen molar-refractivity contribution in [1.82, 2.24) is 0 Å². The van der Waals surface area contributed by atoms with Crippen molar-refractivity contribution in [3.63, 3.8) is 0 Å². The molecule has 0 amide bonds. The molecule has 1 N–H and O–H groups in total. The molecule has 0 bridgehead atoms. The van der Waals surface area contributed by atoms with Crippen molar-refractivity contribution in [2.75, 3.05) is 5.32 Å². The number of nitrogens with one attached hydrogen (secondary N) is 1. The predicted molar refractivity (Wildman–Crippen MR) is 103 cm³/mol. The summed E-state index contributed by atoms with van der Waals surface area (Å²) in [6, 6.07) is 24.7. The van der Waals surface area contributed by atoms with E-state index in [1.165, 1.54) is 16.7 Å². The first kappa shape index (κ1) is 16.6. The molecule has 0 radical (unpaired) electrons. The lowest BCUT2D eigenvalue weighted by Crippen LogP contribution is -2.01. The Bertz CT molecular complexity index is 799. The molecule has 3 aromatic carbocycles. The third-order valence-corrected chi connectivity index (χ3v) is 4.42. The van der Waals surface area contributed by atoms with Crippen molar-refractivity contribution in [2.45, 2.75) is 20.1 Å². The highest BCUT2D eigenvalue weighted by Crippen LogP contribution is 2.19. The van der Waals surface area contributed by atoms with Crippen LogP contribution in [-0.4, -0.2) is 0 Å². The SMILES string of the molecule is Cc1ccccc1COc1cccc(CNc2ccc(Br)cc2)c1. The van der Waals surface area contributed by atoms with Crippen molar-refractivity contribution in [1.29, 1.82) is 0 Å². The number of rotatable bonds is 6. The number of halogens is 1. The van der Waals surface area contributed by atoms with E-state index in [1.54, 1.807) is 0 Å². The van der Waals surface area contributed by atoms with Crippen LogP contribution in [0.15, 0.2) is 77.3 Å². The molecule has 0 heterocycles. The van der Waals surface area contributed by atoms with Crippen molar-refractivity contribution in [3.05, 3.63) is 94.0 Å². The van der Waals surface area contributed by atoms with Crippen LogP contribution >= 0.6 is 15.9 Å². The molecule has 0 aliphatic rings. The van der Waals surface area contributed by atoms with Gasteiger partial charge in [0.05, 0.1) is 0 Å². The van der Waals surface area contributed by atoms with Crippen LogP contribution in [0.5, 0.6) is 5.75 Å². The molecule has 0 fully saturated rings. The van der Waals surface area contributed by atoms with Gasteiger partial charge in [-0.1, -0.05) is 52.3 Å². The number of hydrogen-bond acceptors (Lipinski definition) is 2. The normalized spacial score (nSPS) is 10.4. The largest absolute Gasteiger partial charge is 0.489 e. The van der Waals surface area contributed by atoms with Gasteiger partial charge in [0, 0.05) is 16.7 Å². The van der Waals surface area contributed by atoms with Gasteiger partial charge in [0.2, 0.25) is 0 Å². The molecule has 3 aromatic rings. The maximum absolute atomic E-state index is 5.95. The Labute approximate surface area is 151 Å². The molecule has 2 nitrogen and oxygen atoms in total. The third-order valence-electron chi connectivity index (χ3n) is 3.89. The molecular weight excluding hydrogens is 362 g/mol. The van der Waals surface area contributed by atoms with Crippen molar-refractivity contribution in [3.8, 4) is 5.75 Å². The summed E-state index contributed by atoms with van der Waals surface area (Å²) in [5, 5.41) is 3.42. The van der Waals surface area contributed by atoms with E-state index in [0.717, 1.165) is 22.5 Å². The van der Waals surface area contributed by atoms with Gasteiger partial charge in [-0.15, -0.1) is 0 Å². The van der Waals surface area contributed by atoms with E-state index >= 15 is 0 Å². The average Bonchev–Trinajstić information content (AvgIpc) is 2.61. The van der Waals surface area contributed by atoms with Gasteiger partial charge in [-0.05, 0) is 60.0 Å². The first-order valence-electron chi connectivity index (χ1n) is 7.96. The fourth-order valence-corrected chi connectivity index (χ4v) is 2.71. The van der Waals surface area contributed by atoms with E-state index in [-0.39, 0.29) is 0 Å². The van der Waals surface area contributed by atoms with E-state index < -0.39 is 0 Å². The zero-order valence-electron chi connectivity index (χ0n) is 13.6. The first-order chi connectivity index (χ1) is 11.7. The van der Waals surface area contributed by atoms with Crippen LogP contribution in [0, 0.1) is 6.92 Å². The minimum Gasteiger partial charge on any atom is -0.489 e. The van der Waals surface area contributed by atoms with Crippen LogP contribution in [0.2, 0.25) is 0 Å². The first-order valence-corrected chi connectivity index (χ1v) is 8.76. The van der Waals surface area contributed by atoms with Gasteiger partial charge < -0.3 is 10.1 Å². The van der Waals surface area contributed by atoms with E-state index in [2.05, 4.69) is 64.6 Å². The molecule has 122 valence electrons. The number of anilines is 1. The lowest BCUT2D eigenvalue weighted by Gasteiger charge is -2.11. The Morgan fingerprint density at radius 3 is 2.50 bits per heavy atom. The molecule has 0 saturated heterocycles. The number of aryl methyl sites for hydroxylation is 1. The van der Waals surface area contributed by atoms with Crippen LogP contribution in [0.1, 0.15) is 16.7 Å². The summed E-state index contributed by atoms with van der Waals surface area (Å²) in [4.78, 5) is 0. The summed E-state index contributed by atoms with van der Waals surface area (Å²) in [6.45, 7) is 3.47. The maximum Gasteiger partial charge on any atom is 0.120 e. The maximum atomic E-state index is 5.95. The molecular formula is C21H20BrNO. The Morgan fingerprint density at radius 2 is 1.71 bits per heavy atom. The molecule has 0 saturated carbocycles. The molecule has 0 atom stereocenters. The summed E-state index contributed by atoms with van der Waals surface area (Å²) in [5.41, 5.74) is 4.77. The van der Waals surface area contributed by atoms with Gasteiger partial charge in [0.1, 0.15) is 12.4 Å². The van der Waals surface area contributed by atoms with E-state index in [0.29, 0.717) is 6.61 Å². The molecule has 24 heavy (non-hydrogen) atoms. The summed E-state index contributed by atoms with van der Waals surface area (Å²) >= 11 is 3.45. The van der Waals surface area contributed by atoms with Crippen LogP contribution in [0.25, 0.3) is 0 Å². The lowest BCUT2D eigenvalue weighted by atomic mass is 10.1. The Balaban J connectivity index is 1.59. The molecule has 3 rings (SSSR count). The van der Waals surface area contributed by atoms with Gasteiger partial charge in [0.25, 0.3) is 0 Å². The van der Waals surface area contributed by atoms with Crippen molar-refractivity contribution in [2.24, 2.45) is 0 Å². The highest BCUT2D eigenvalue weighted by molar-refractivity contribution is 9.10. The zero-order chi connectivity index (χ0) is 16.8. The second kappa shape index (κ2) is 8.02. The second-order valence-electron chi connectivity index (χ2n) is 5.72. The summed E-state index contributed by atoms with van der Waals surface area (Å²) < 4.78 is 7.03. The van der Waals surface area contributed by atoms with Crippen LogP contribution in [0.4, 0.5) is 5.69 Å². The molecule has 3 heteroatoms. The van der Waals surface area contributed by atoms with Crippen LogP contribution in [-0.2, 0) is 13.2 Å². The fourth-order valence-electron chi connectivity index (χ4n) is 2.45. The minimum atomic E-state index is 0.594. The number of benzene rings is 3. The fraction of sp³-hybridized carbons (Fsp3) is 0.143. The summed E-state index contributed by atoms with van der Waals surface area (Å²) in [7, 11) is 0. The van der Waals surface area contributed by atoms with E-state index in [9.17, 15) is 0 Å². The Hall–Kier alpha value is -2.26. The van der Waals surface area contributed by atoms with E-state index in [1.807, 2.05) is 36.4 Å². The van der Waals surface area contributed by atoms with Gasteiger partial charge in [-0.2, -0.15) is 0 Å². The standard InChI is InChI=1S/C21H20BrNO/c1-16-5-2-3-7-18(16)15-24-21-8-4-6-17(13-21)14-23-20-11-9-19(22)10-12-20/h2-13,23H,14-15H2,1H3. The second-order valence-corrected chi connectivity index (χ2v) is 6.64. The molecule has 0 aliphatic carbocycles. The van der Waals surface area contributed by atoms with Gasteiger partial charge >= 0.3 is 0 Å². The Kier molecular flexibility index (Phi) is 5.55.